The van der Waals surface area contributed by atoms with Crippen molar-refractivity contribution in [1.82, 2.24) is 4.90 Å². The molecule has 0 fully saturated rings. The third-order valence-electron chi connectivity index (χ3n) is 4.56. The summed E-state index contributed by atoms with van der Waals surface area (Å²) in [6, 6.07) is 26.1. The molecule has 3 aromatic carbocycles. The second-order valence-corrected chi connectivity index (χ2v) is 6.86. The van der Waals surface area contributed by atoms with E-state index in [1.165, 1.54) is 5.56 Å². The first kappa shape index (κ1) is 19.9. The molecule has 28 heavy (non-hydrogen) atoms. The minimum absolute atomic E-state index is 0.251. The van der Waals surface area contributed by atoms with Crippen LogP contribution in [0.1, 0.15) is 5.56 Å². The fraction of sp³-hybridized carbons (Fsp3) is 0.250. The van der Waals surface area contributed by atoms with Gasteiger partial charge in [-0.05, 0) is 36.4 Å². The average molecular weight is 377 g/mol. The van der Waals surface area contributed by atoms with Crippen LogP contribution in [0.2, 0.25) is 0 Å². The van der Waals surface area contributed by atoms with Crippen LogP contribution < -0.4 is 9.47 Å². The van der Waals surface area contributed by atoms with Crippen molar-refractivity contribution in [3.8, 4) is 22.6 Å². The lowest BCUT2D eigenvalue weighted by molar-refractivity contribution is 0.0742. The van der Waals surface area contributed by atoms with Gasteiger partial charge in [-0.25, -0.2) is 0 Å². The fourth-order valence-electron chi connectivity index (χ4n) is 3.17. The molecule has 1 N–H and O–H groups in total. The van der Waals surface area contributed by atoms with Crippen LogP contribution in [0.25, 0.3) is 11.1 Å². The molecule has 0 bridgehead atoms. The van der Waals surface area contributed by atoms with E-state index in [1.807, 2.05) is 73.8 Å². The maximum atomic E-state index is 10.3. The SMILES string of the molecule is COc1ccccc1CN(C)C[C@H](O)COc1ccc(-c2ccccc2)cc1. The zero-order valence-corrected chi connectivity index (χ0v) is 16.4. The van der Waals surface area contributed by atoms with Gasteiger partial charge in [0.2, 0.25) is 0 Å². The average Bonchev–Trinajstić information content (AvgIpc) is 2.73. The summed E-state index contributed by atoms with van der Waals surface area (Å²) in [6.45, 7) is 1.47. The van der Waals surface area contributed by atoms with Crippen LogP contribution >= 0.6 is 0 Å². The van der Waals surface area contributed by atoms with E-state index in [1.54, 1.807) is 7.11 Å². The Balaban J connectivity index is 1.48. The summed E-state index contributed by atoms with van der Waals surface area (Å²) in [6.07, 6.45) is -0.575. The third-order valence-corrected chi connectivity index (χ3v) is 4.56. The molecule has 4 nitrogen and oxygen atoms in total. The minimum atomic E-state index is -0.575. The van der Waals surface area contributed by atoms with Gasteiger partial charge in [-0.1, -0.05) is 60.7 Å². The van der Waals surface area contributed by atoms with Crippen LogP contribution in [0.4, 0.5) is 0 Å². The Labute approximate surface area is 167 Å². The first-order valence-electron chi connectivity index (χ1n) is 9.42. The number of aliphatic hydroxyl groups is 1. The Kier molecular flexibility index (Phi) is 7.06. The maximum Gasteiger partial charge on any atom is 0.123 e. The van der Waals surface area contributed by atoms with Crippen molar-refractivity contribution in [2.75, 3.05) is 27.3 Å². The summed E-state index contributed by atoms with van der Waals surface area (Å²) < 4.78 is 11.1. The van der Waals surface area contributed by atoms with Gasteiger partial charge in [-0.3, -0.25) is 4.90 Å². The van der Waals surface area contributed by atoms with Gasteiger partial charge in [0.1, 0.15) is 24.2 Å². The van der Waals surface area contributed by atoms with Crippen molar-refractivity contribution in [3.63, 3.8) is 0 Å². The predicted octanol–water partition coefficient (Wildman–Crippen LogP) is 4.23. The van der Waals surface area contributed by atoms with Crippen LogP contribution in [-0.4, -0.2) is 43.4 Å². The molecule has 3 aromatic rings. The normalized spacial score (nSPS) is 12.0. The van der Waals surface area contributed by atoms with Crippen LogP contribution in [0, 0.1) is 0 Å². The van der Waals surface area contributed by atoms with Gasteiger partial charge in [0.15, 0.2) is 0 Å². The molecule has 146 valence electrons. The number of hydrogen-bond donors (Lipinski definition) is 1. The molecule has 0 radical (unpaired) electrons. The number of methoxy groups -OCH3 is 1. The van der Waals surface area contributed by atoms with Crippen molar-refractivity contribution in [2.45, 2.75) is 12.6 Å². The predicted molar refractivity (Wildman–Crippen MR) is 113 cm³/mol. The lowest BCUT2D eigenvalue weighted by Crippen LogP contribution is -2.32. The summed E-state index contributed by atoms with van der Waals surface area (Å²) in [7, 11) is 3.65. The second-order valence-electron chi connectivity index (χ2n) is 6.86. The van der Waals surface area contributed by atoms with Gasteiger partial charge in [0.25, 0.3) is 0 Å². The van der Waals surface area contributed by atoms with Crippen LogP contribution in [0.3, 0.4) is 0 Å². The summed E-state index contributed by atoms with van der Waals surface area (Å²) >= 11 is 0. The van der Waals surface area contributed by atoms with Crippen molar-refractivity contribution in [1.29, 1.82) is 0 Å². The van der Waals surface area contributed by atoms with Crippen LogP contribution in [-0.2, 0) is 6.54 Å². The lowest BCUT2D eigenvalue weighted by atomic mass is 10.1. The van der Waals surface area contributed by atoms with E-state index >= 15 is 0 Å². The fourth-order valence-corrected chi connectivity index (χ4v) is 3.17. The number of ether oxygens (including phenoxy) is 2. The number of aliphatic hydroxyl groups excluding tert-OH is 1. The first-order valence-corrected chi connectivity index (χ1v) is 9.42. The molecule has 0 aliphatic rings. The molecule has 0 saturated heterocycles. The molecule has 0 spiro atoms. The number of para-hydroxylation sites is 1. The molecular weight excluding hydrogens is 350 g/mol. The standard InChI is InChI=1S/C24H27NO3/c1-25(16-21-10-6-7-11-24(21)27-2)17-22(26)18-28-23-14-12-20(13-15-23)19-8-4-3-5-9-19/h3-15,22,26H,16-18H2,1-2H3/t22-/m0/s1. The molecule has 4 heteroatoms. The highest BCUT2D eigenvalue weighted by atomic mass is 16.5. The lowest BCUT2D eigenvalue weighted by Gasteiger charge is -2.21. The molecule has 0 amide bonds. The molecule has 0 aliphatic heterocycles. The van der Waals surface area contributed by atoms with Crippen molar-refractivity contribution in [3.05, 3.63) is 84.4 Å². The van der Waals surface area contributed by atoms with Crippen LogP contribution in [0.5, 0.6) is 11.5 Å². The number of nitrogens with zero attached hydrogens (tertiary/aromatic N) is 1. The Morgan fingerprint density at radius 3 is 2.21 bits per heavy atom. The smallest absolute Gasteiger partial charge is 0.123 e. The van der Waals surface area contributed by atoms with Crippen molar-refractivity contribution < 1.29 is 14.6 Å². The van der Waals surface area contributed by atoms with Gasteiger partial charge < -0.3 is 14.6 Å². The Bertz CT molecular complexity index is 849. The van der Waals surface area contributed by atoms with E-state index in [4.69, 9.17) is 9.47 Å². The van der Waals surface area contributed by atoms with Gasteiger partial charge in [-0.15, -0.1) is 0 Å². The highest BCUT2D eigenvalue weighted by Gasteiger charge is 2.12. The largest absolute Gasteiger partial charge is 0.496 e. The highest BCUT2D eigenvalue weighted by Crippen LogP contribution is 2.22. The van der Waals surface area contributed by atoms with Crippen LogP contribution in [0.15, 0.2) is 78.9 Å². The summed E-state index contributed by atoms with van der Waals surface area (Å²) in [4.78, 5) is 2.06. The number of rotatable bonds is 9. The monoisotopic (exact) mass is 377 g/mol. The molecule has 1 atom stereocenters. The van der Waals surface area contributed by atoms with E-state index < -0.39 is 6.10 Å². The quantitative estimate of drug-likeness (QED) is 0.606. The maximum absolute atomic E-state index is 10.3. The number of benzene rings is 3. The Morgan fingerprint density at radius 1 is 0.857 bits per heavy atom. The highest BCUT2D eigenvalue weighted by molar-refractivity contribution is 5.63. The number of hydrogen-bond acceptors (Lipinski definition) is 4. The zero-order valence-electron chi connectivity index (χ0n) is 16.4. The third kappa shape index (κ3) is 5.59. The van der Waals surface area contributed by atoms with E-state index in [2.05, 4.69) is 17.0 Å². The van der Waals surface area contributed by atoms with Gasteiger partial charge in [0, 0.05) is 18.7 Å². The summed E-state index contributed by atoms with van der Waals surface area (Å²) in [5.74, 6) is 1.62. The van der Waals surface area contributed by atoms with Gasteiger partial charge >= 0.3 is 0 Å². The van der Waals surface area contributed by atoms with E-state index in [9.17, 15) is 5.11 Å². The van der Waals surface area contributed by atoms with Gasteiger partial charge in [-0.2, -0.15) is 0 Å². The molecule has 0 aliphatic carbocycles. The molecule has 3 rings (SSSR count). The summed E-state index contributed by atoms with van der Waals surface area (Å²) in [5, 5.41) is 10.3. The Hall–Kier alpha value is -2.82. The first-order chi connectivity index (χ1) is 13.7. The van der Waals surface area contributed by atoms with E-state index in [-0.39, 0.29) is 6.61 Å². The molecule has 0 saturated carbocycles. The van der Waals surface area contributed by atoms with E-state index in [0.717, 1.165) is 22.6 Å². The zero-order chi connectivity index (χ0) is 19.8. The number of likely N-dealkylation sites (N-methyl/N-ethyl adjacent to an activating group) is 1. The molecule has 0 heterocycles. The topological polar surface area (TPSA) is 41.9 Å². The Morgan fingerprint density at radius 2 is 1.50 bits per heavy atom. The minimum Gasteiger partial charge on any atom is -0.496 e. The second kappa shape index (κ2) is 9.93. The van der Waals surface area contributed by atoms with E-state index in [0.29, 0.717) is 13.1 Å². The molecule has 0 aromatic heterocycles. The van der Waals surface area contributed by atoms with Crippen molar-refractivity contribution >= 4 is 0 Å². The van der Waals surface area contributed by atoms with Crippen molar-refractivity contribution in [2.24, 2.45) is 0 Å². The molecule has 0 unspecified atom stereocenters. The summed E-state index contributed by atoms with van der Waals surface area (Å²) in [5.41, 5.74) is 3.41. The molecular formula is C24H27NO3. The van der Waals surface area contributed by atoms with Gasteiger partial charge in [0.05, 0.1) is 7.11 Å².